The Kier molecular flexibility index (Phi) is 6.05. The number of nitrogens with one attached hydrogen (secondary N) is 1. The van der Waals surface area contributed by atoms with E-state index in [9.17, 15) is 22.8 Å². The number of carbonyl (C=O) groups is 2. The van der Waals surface area contributed by atoms with E-state index in [1.807, 2.05) is 6.92 Å². The number of nitrogens with zero attached hydrogens (tertiary/aromatic N) is 4. The first kappa shape index (κ1) is 24.0. The van der Waals surface area contributed by atoms with Crippen LogP contribution in [0.2, 0.25) is 0 Å². The van der Waals surface area contributed by atoms with Gasteiger partial charge in [0.2, 0.25) is 5.82 Å². The van der Waals surface area contributed by atoms with E-state index in [4.69, 9.17) is 10.8 Å². The lowest BCUT2D eigenvalue weighted by atomic mass is 9.50. The van der Waals surface area contributed by atoms with Crippen LogP contribution in [0.4, 0.5) is 13.2 Å². The second kappa shape index (κ2) is 8.57. The maximum atomic E-state index is 12.5. The van der Waals surface area contributed by atoms with Crippen molar-refractivity contribution in [1.29, 1.82) is 0 Å². The number of hydrogen-bond acceptors (Lipinski definition) is 7. The summed E-state index contributed by atoms with van der Waals surface area (Å²) >= 11 is 0. The maximum Gasteiger partial charge on any atom is 0.433 e. The molecule has 4 aliphatic carbocycles. The topological polar surface area (TPSA) is 144 Å². The van der Waals surface area contributed by atoms with Crippen molar-refractivity contribution < 1.29 is 27.9 Å². The molecule has 0 aromatic carbocycles. The summed E-state index contributed by atoms with van der Waals surface area (Å²) in [4.78, 5) is 37.0. The van der Waals surface area contributed by atoms with Crippen molar-refractivity contribution in [2.24, 2.45) is 17.6 Å². The number of amides is 1. The highest BCUT2D eigenvalue weighted by molar-refractivity contribution is 5.92. The van der Waals surface area contributed by atoms with Crippen molar-refractivity contribution in [3.05, 3.63) is 47.6 Å². The van der Waals surface area contributed by atoms with Crippen LogP contribution in [-0.4, -0.2) is 48.0 Å². The van der Waals surface area contributed by atoms with Gasteiger partial charge in [0.05, 0.1) is 11.9 Å². The van der Waals surface area contributed by atoms with Crippen molar-refractivity contribution in [3.63, 3.8) is 0 Å². The van der Waals surface area contributed by atoms with Gasteiger partial charge in [0.15, 0.2) is 0 Å². The number of hydrogen-bond donors (Lipinski definition) is 3. The number of carboxylic acid groups (broad SMARTS) is 1. The van der Waals surface area contributed by atoms with Gasteiger partial charge in [0.1, 0.15) is 11.4 Å². The van der Waals surface area contributed by atoms with E-state index in [-0.39, 0.29) is 17.0 Å². The summed E-state index contributed by atoms with van der Waals surface area (Å²) in [6, 6.07) is 0.604. The van der Waals surface area contributed by atoms with Crippen LogP contribution in [-0.2, 0) is 6.18 Å². The van der Waals surface area contributed by atoms with Crippen molar-refractivity contribution in [3.8, 4) is 0 Å². The smallest absolute Gasteiger partial charge is 0.433 e. The summed E-state index contributed by atoms with van der Waals surface area (Å²) in [7, 11) is 0. The first-order chi connectivity index (χ1) is 15.9. The van der Waals surface area contributed by atoms with Gasteiger partial charge in [-0.15, -0.1) is 0 Å². The number of aromatic carboxylic acids is 1. The summed E-state index contributed by atoms with van der Waals surface area (Å²) in [5.74, 6) is -1.20. The molecular weight excluding hydrogens is 453 g/mol. The molecule has 2 aromatic rings. The third-order valence-electron chi connectivity index (χ3n) is 6.61. The highest BCUT2D eigenvalue weighted by Gasteiger charge is 2.56. The lowest BCUT2D eigenvalue weighted by molar-refractivity contribution is -0.141. The second-order valence-electron chi connectivity index (χ2n) is 9.67. The Balaban J connectivity index is 0.000000182. The number of halogens is 3. The molecule has 2 heterocycles. The van der Waals surface area contributed by atoms with Crippen LogP contribution in [0.15, 0.2) is 24.7 Å². The Morgan fingerprint density at radius 2 is 1.82 bits per heavy atom. The molecule has 0 saturated heterocycles. The maximum absolute atomic E-state index is 12.5. The number of carbonyl (C=O) groups excluding carboxylic acids is 1. The summed E-state index contributed by atoms with van der Waals surface area (Å²) in [6.45, 7) is 1.85. The van der Waals surface area contributed by atoms with Crippen LogP contribution in [0.5, 0.6) is 0 Å². The van der Waals surface area contributed by atoms with Crippen molar-refractivity contribution in [1.82, 2.24) is 25.3 Å². The number of rotatable bonds is 3. The Morgan fingerprint density at radius 3 is 2.38 bits per heavy atom. The first-order valence-corrected chi connectivity index (χ1v) is 10.9. The molecule has 4 bridgehead atoms. The molecule has 0 aliphatic heterocycles. The van der Waals surface area contributed by atoms with E-state index < -0.39 is 23.7 Å². The zero-order valence-corrected chi connectivity index (χ0v) is 18.5. The van der Waals surface area contributed by atoms with E-state index in [1.54, 1.807) is 12.4 Å². The lowest BCUT2D eigenvalue weighted by Crippen LogP contribution is -2.68. The number of aromatic nitrogens is 4. The number of nitrogens with two attached hydrogens (primary N) is 1. The monoisotopic (exact) mass is 478 g/mol. The van der Waals surface area contributed by atoms with Crippen LogP contribution in [0.1, 0.15) is 71.0 Å². The average molecular weight is 478 g/mol. The minimum Gasteiger partial charge on any atom is -0.475 e. The van der Waals surface area contributed by atoms with E-state index in [0.29, 0.717) is 23.6 Å². The second-order valence-corrected chi connectivity index (χ2v) is 9.67. The third kappa shape index (κ3) is 5.16. The summed E-state index contributed by atoms with van der Waals surface area (Å²) in [5.41, 5.74) is 6.31. The third-order valence-corrected chi connectivity index (χ3v) is 6.61. The van der Waals surface area contributed by atoms with Crippen LogP contribution in [0.25, 0.3) is 0 Å². The molecule has 4 aliphatic rings. The van der Waals surface area contributed by atoms with Gasteiger partial charge in [-0.2, -0.15) is 13.2 Å². The van der Waals surface area contributed by atoms with E-state index >= 15 is 0 Å². The quantitative estimate of drug-likeness (QED) is 0.611. The molecule has 34 heavy (non-hydrogen) atoms. The van der Waals surface area contributed by atoms with E-state index in [1.165, 1.54) is 6.42 Å². The van der Waals surface area contributed by atoms with E-state index in [2.05, 4.69) is 25.3 Å². The summed E-state index contributed by atoms with van der Waals surface area (Å²) in [6.07, 6.45) is 5.93. The number of carboxylic acids is 1. The Morgan fingerprint density at radius 1 is 1.15 bits per heavy atom. The molecule has 1 amide bonds. The molecule has 2 atom stereocenters. The predicted octanol–water partition coefficient (Wildman–Crippen LogP) is 2.76. The predicted molar refractivity (Wildman–Crippen MR) is 113 cm³/mol. The highest BCUT2D eigenvalue weighted by atomic mass is 19.4. The molecule has 4 fully saturated rings. The highest BCUT2D eigenvalue weighted by Crippen LogP contribution is 2.56. The normalized spacial score (nSPS) is 29.2. The van der Waals surface area contributed by atoms with E-state index in [0.717, 1.165) is 44.0 Å². The molecule has 4 N–H and O–H groups in total. The molecule has 0 spiro atoms. The molecule has 182 valence electrons. The molecule has 2 aromatic heterocycles. The molecule has 9 nitrogen and oxygen atoms in total. The lowest BCUT2D eigenvalue weighted by Gasteiger charge is -2.61. The number of aryl methyl sites for hydroxylation is 1. The van der Waals surface area contributed by atoms with Gasteiger partial charge in [0.25, 0.3) is 5.91 Å². The van der Waals surface area contributed by atoms with Gasteiger partial charge in [-0.3, -0.25) is 9.78 Å². The Bertz CT molecular complexity index is 1100. The van der Waals surface area contributed by atoms with Crippen molar-refractivity contribution in [2.45, 2.75) is 62.7 Å². The van der Waals surface area contributed by atoms with Crippen LogP contribution < -0.4 is 11.1 Å². The zero-order chi connectivity index (χ0) is 24.7. The molecule has 2 unspecified atom stereocenters. The minimum absolute atomic E-state index is 0.0599. The van der Waals surface area contributed by atoms with Crippen molar-refractivity contribution >= 4 is 11.9 Å². The molecule has 6 rings (SSSR count). The average Bonchev–Trinajstić information content (AvgIpc) is 2.71. The SMILES string of the molecule is Cc1cncc(C(=O)NC23CC4CC(CC(N)(C4)C2)C3)n1.O=C(O)c1nccc(C(F)(F)F)n1. The Hall–Kier alpha value is -3.15. The van der Waals surface area contributed by atoms with Crippen LogP contribution >= 0.6 is 0 Å². The van der Waals surface area contributed by atoms with Gasteiger partial charge >= 0.3 is 12.1 Å². The number of alkyl halides is 3. The first-order valence-electron chi connectivity index (χ1n) is 10.9. The fourth-order valence-corrected chi connectivity index (χ4v) is 5.98. The van der Waals surface area contributed by atoms with Gasteiger partial charge in [0, 0.05) is 23.5 Å². The minimum atomic E-state index is -4.65. The zero-order valence-electron chi connectivity index (χ0n) is 18.5. The Labute approximate surface area is 193 Å². The standard InChI is InChI=1S/C16H22N4O.C6H3F3N2O2/c1-10-7-18-8-13(19-10)14(21)20-16-5-11-2-12(6-16)4-15(17,3-11)9-16;7-6(8,9)3-1-2-10-4(11-3)5(12)13/h7-8,11-12H,2-6,9,17H2,1H3,(H,20,21);1-2H,(H,12,13). The van der Waals surface area contributed by atoms with Gasteiger partial charge < -0.3 is 16.2 Å². The summed E-state index contributed by atoms with van der Waals surface area (Å²) in [5, 5.41) is 11.6. The van der Waals surface area contributed by atoms with Crippen LogP contribution in [0.3, 0.4) is 0 Å². The van der Waals surface area contributed by atoms with Gasteiger partial charge in [-0.1, -0.05) is 0 Å². The fraction of sp³-hybridized carbons (Fsp3) is 0.545. The van der Waals surface area contributed by atoms with Crippen LogP contribution in [0, 0.1) is 18.8 Å². The largest absolute Gasteiger partial charge is 0.475 e. The summed E-state index contributed by atoms with van der Waals surface area (Å²) < 4.78 is 35.8. The van der Waals surface area contributed by atoms with Gasteiger partial charge in [-0.05, 0) is 63.4 Å². The van der Waals surface area contributed by atoms with Crippen molar-refractivity contribution in [2.75, 3.05) is 0 Å². The van der Waals surface area contributed by atoms with Gasteiger partial charge in [-0.25, -0.2) is 19.7 Å². The molecule has 0 radical (unpaired) electrons. The molecule has 4 saturated carbocycles. The fourth-order valence-electron chi connectivity index (χ4n) is 5.98. The molecular formula is C22H25F3N6O3. The molecule has 12 heteroatoms.